The first-order valence-electron chi connectivity index (χ1n) is 11.3. The van der Waals surface area contributed by atoms with E-state index in [0.29, 0.717) is 31.1 Å². The molecule has 1 aromatic rings. The summed E-state index contributed by atoms with van der Waals surface area (Å²) in [5.74, 6) is 1.21. The third-order valence-corrected chi connectivity index (χ3v) is 6.72. The zero-order valence-corrected chi connectivity index (χ0v) is 22.2. The molecule has 0 atom stereocenters. The molecule has 0 aliphatic heterocycles. The van der Waals surface area contributed by atoms with Gasteiger partial charge in [0.05, 0.1) is 19.4 Å². The van der Waals surface area contributed by atoms with Crippen LogP contribution in [-0.2, 0) is 35.7 Å². The van der Waals surface area contributed by atoms with Gasteiger partial charge in [-0.15, -0.1) is 0 Å². The molecule has 0 unspecified atom stereocenters. The summed E-state index contributed by atoms with van der Waals surface area (Å²) >= 11 is 0. The van der Waals surface area contributed by atoms with Gasteiger partial charge in [0.1, 0.15) is 11.5 Å². The Morgan fingerprint density at radius 2 is 1.45 bits per heavy atom. The zero-order chi connectivity index (χ0) is 24.7. The minimum atomic E-state index is -3.29. The molecule has 0 fully saturated rings. The summed E-state index contributed by atoms with van der Waals surface area (Å²) in [6.45, 7) is 10.7. The van der Waals surface area contributed by atoms with Crippen molar-refractivity contribution in [2.45, 2.75) is 60.0 Å². The van der Waals surface area contributed by atoms with E-state index < -0.39 is 7.60 Å². The Morgan fingerprint density at radius 3 is 1.91 bits per heavy atom. The normalized spacial score (nSPS) is 12.0. The van der Waals surface area contributed by atoms with E-state index in [0.717, 1.165) is 24.0 Å². The van der Waals surface area contributed by atoms with E-state index in [9.17, 15) is 4.57 Å². The third kappa shape index (κ3) is 11.4. The fourth-order valence-electron chi connectivity index (χ4n) is 3.18. The van der Waals surface area contributed by atoms with Crippen LogP contribution in [0, 0.1) is 0 Å². The highest BCUT2D eigenvalue weighted by Crippen LogP contribution is 2.52. The molecule has 0 heterocycles. The molecule has 0 saturated carbocycles. The van der Waals surface area contributed by atoms with E-state index in [4.69, 9.17) is 28.0 Å². The monoisotopic (exact) mass is 484 g/mol. The Balaban J connectivity index is 3.31. The van der Waals surface area contributed by atoms with Gasteiger partial charge in [0.25, 0.3) is 0 Å². The van der Waals surface area contributed by atoms with Gasteiger partial charge in [-0.1, -0.05) is 23.3 Å². The summed E-state index contributed by atoms with van der Waals surface area (Å²) < 4.78 is 46.0. The molecule has 0 aromatic heterocycles. The standard InChI is InChI=1S/C25H41O7P/c1-8-31-33(26,32-9-2)17-22-15-24(29-18-27-6)23(25(16-22)30-19-28-7)14-13-21(5)12-10-11-20(3)4/h11,13,15-16H,8-10,12,14,17-19H2,1-7H3/b21-13-. The summed E-state index contributed by atoms with van der Waals surface area (Å²) in [7, 11) is -0.157. The molecule has 0 aliphatic rings. The van der Waals surface area contributed by atoms with Gasteiger partial charge in [0, 0.05) is 19.8 Å². The Labute approximate surface area is 199 Å². The van der Waals surface area contributed by atoms with Gasteiger partial charge < -0.3 is 28.0 Å². The first-order valence-corrected chi connectivity index (χ1v) is 13.1. The van der Waals surface area contributed by atoms with Gasteiger partial charge in [-0.05, 0) is 71.6 Å². The van der Waals surface area contributed by atoms with Crippen LogP contribution in [0.25, 0.3) is 0 Å². The fraction of sp³-hybridized carbons (Fsp3) is 0.600. The van der Waals surface area contributed by atoms with Crippen LogP contribution in [0.4, 0.5) is 0 Å². The highest BCUT2D eigenvalue weighted by Gasteiger charge is 2.26. The lowest BCUT2D eigenvalue weighted by Gasteiger charge is -2.20. The summed E-state index contributed by atoms with van der Waals surface area (Å²) in [6.07, 6.45) is 7.14. The molecule has 0 N–H and O–H groups in total. The molecular weight excluding hydrogens is 443 g/mol. The molecule has 0 radical (unpaired) electrons. The van der Waals surface area contributed by atoms with E-state index >= 15 is 0 Å². The molecule has 188 valence electrons. The first kappa shape index (κ1) is 29.4. The third-order valence-electron chi connectivity index (χ3n) is 4.67. The lowest BCUT2D eigenvalue weighted by molar-refractivity contribution is 0.0447. The van der Waals surface area contributed by atoms with Crippen molar-refractivity contribution >= 4 is 7.60 Å². The number of ether oxygens (including phenoxy) is 4. The predicted molar refractivity (Wildman–Crippen MR) is 132 cm³/mol. The van der Waals surface area contributed by atoms with Crippen molar-refractivity contribution < 1.29 is 32.6 Å². The molecule has 33 heavy (non-hydrogen) atoms. The molecular formula is C25H41O7P. The van der Waals surface area contributed by atoms with Crippen molar-refractivity contribution in [1.29, 1.82) is 0 Å². The maximum atomic E-state index is 13.1. The lowest BCUT2D eigenvalue weighted by atomic mass is 10.0. The number of rotatable bonds is 17. The minimum Gasteiger partial charge on any atom is -0.467 e. The Morgan fingerprint density at radius 1 is 0.909 bits per heavy atom. The minimum absolute atomic E-state index is 0.0814. The Hall–Kier alpha value is -1.63. The number of methoxy groups -OCH3 is 2. The van der Waals surface area contributed by atoms with Gasteiger partial charge in [-0.3, -0.25) is 4.57 Å². The van der Waals surface area contributed by atoms with Crippen LogP contribution < -0.4 is 9.47 Å². The lowest BCUT2D eigenvalue weighted by Crippen LogP contribution is -2.08. The predicted octanol–water partition coefficient (Wildman–Crippen LogP) is 6.65. The SMILES string of the molecule is CCOP(=O)(Cc1cc(OCOC)c(C/C=C(/C)CCC=C(C)C)c(OCOC)c1)OCC. The van der Waals surface area contributed by atoms with Crippen molar-refractivity contribution in [2.75, 3.05) is 41.0 Å². The van der Waals surface area contributed by atoms with Crippen LogP contribution in [0.1, 0.15) is 58.6 Å². The van der Waals surface area contributed by atoms with Gasteiger partial charge >= 0.3 is 7.60 Å². The van der Waals surface area contributed by atoms with E-state index in [1.165, 1.54) is 11.1 Å². The maximum absolute atomic E-state index is 13.1. The summed E-state index contributed by atoms with van der Waals surface area (Å²) in [5.41, 5.74) is 4.20. The van der Waals surface area contributed by atoms with Crippen LogP contribution in [0.2, 0.25) is 0 Å². The fourth-order valence-corrected chi connectivity index (χ4v) is 4.86. The Kier molecular flexibility index (Phi) is 14.3. The summed E-state index contributed by atoms with van der Waals surface area (Å²) in [4.78, 5) is 0. The van der Waals surface area contributed by atoms with E-state index in [2.05, 4.69) is 32.9 Å². The topological polar surface area (TPSA) is 72.5 Å². The first-order chi connectivity index (χ1) is 15.8. The van der Waals surface area contributed by atoms with Gasteiger partial charge in [0.2, 0.25) is 0 Å². The van der Waals surface area contributed by atoms with Gasteiger partial charge in [-0.25, -0.2) is 0 Å². The average molecular weight is 485 g/mol. The smallest absolute Gasteiger partial charge is 0.335 e. The van der Waals surface area contributed by atoms with Crippen LogP contribution in [0.5, 0.6) is 11.5 Å². The number of hydrogen-bond acceptors (Lipinski definition) is 7. The van der Waals surface area contributed by atoms with Crippen molar-refractivity contribution in [1.82, 2.24) is 0 Å². The molecule has 1 aromatic carbocycles. The van der Waals surface area contributed by atoms with Crippen LogP contribution in [0.3, 0.4) is 0 Å². The molecule has 0 amide bonds. The highest BCUT2D eigenvalue weighted by molar-refractivity contribution is 7.53. The quantitative estimate of drug-likeness (QED) is 0.139. The van der Waals surface area contributed by atoms with Crippen LogP contribution >= 0.6 is 7.60 Å². The second-order valence-electron chi connectivity index (χ2n) is 7.85. The average Bonchev–Trinajstić information content (AvgIpc) is 2.75. The molecule has 0 spiro atoms. The second-order valence-corrected chi connectivity index (χ2v) is 9.91. The van der Waals surface area contributed by atoms with Crippen molar-refractivity contribution in [3.8, 4) is 11.5 Å². The van der Waals surface area contributed by atoms with Crippen LogP contribution in [0.15, 0.2) is 35.4 Å². The van der Waals surface area contributed by atoms with E-state index in [-0.39, 0.29) is 19.7 Å². The van der Waals surface area contributed by atoms with Crippen LogP contribution in [-0.4, -0.2) is 41.0 Å². The van der Waals surface area contributed by atoms with E-state index in [1.54, 1.807) is 28.1 Å². The van der Waals surface area contributed by atoms with E-state index in [1.807, 2.05) is 12.1 Å². The molecule has 7 nitrogen and oxygen atoms in total. The number of allylic oxidation sites excluding steroid dienone is 4. The van der Waals surface area contributed by atoms with Crippen molar-refractivity contribution in [3.05, 3.63) is 46.6 Å². The number of hydrogen-bond donors (Lipinski definition) is 0. The summed E-state index contributed by atoms with van der Waals surface area (Å²) in [5, 5.41) is 0. The van der Waals surface area contributed by atoms with Gasteiger partial charge in [0.15, 0.2) is 13.6 Å². The largest absolute Gasteiger partial charge is 0.467 e. The second kappa shape index (κ2) is 16.1. The van der Waals surface area contributed by atoms with Crippen molar-refractivity contribution in [2.24, 2.45) is 0 Å². The molecule has 1 rings (SSSR count). The van der Waals surface area contributed by atoms with Crippen molar-refractivity contribution in [3.63, 3.8) is 0 Å². The molecule has 8 heteroatoms. The summed E-state index contributed by atoms with van der Waals surface area (Å²) in [6, 6.07) is 3.70. The highest BCUT2D eigenvalue weighted by atomic mass is 31.2. The molecule has 0 bridgehead atoms. The Bertz CT molecular complexity index is 774. The van der Waals surface area contributed by atoms with Gasteiger partial charge in [-0.2, -0.15) is 0 Å². The molecule has 0 saturated heterocycles. The number of benzene rings is 1. The maximum Gasteiger partial charge on any atom is 0.335 e. The molecule has 0 aliphatic carbocycles. The zero-order valence-electron chi connectivity index (χ0n) is 21.3.